The second-order valence-corrected chi connectivity index (χ2v) is 4.73. The molecule has 0 saturated carbocycles. The third-order valence-corrected chi connectivity index (χ3v) is 3.01. The molecule has 1 aliphatic heterocycles. The number of likely N-dealkylation sites (tertiary alicyclic amines) is 1. The van der Waals surface area contributed by atoms with Gasteiger partial charge in [-0.15, -0.1) is 0 Å². The smallest absolute Gasteiger partial charge is 0.217 e. The molecule has 0 bridgehead atoms. The van der Waals surface area contributed by atoms with Crippen LogP contribution in [0, 0.1) is 0 Å². The van der Waals surface area contributed by atoms with Crippen LogP contribution in [-0.4, -0.2) is 41.8 Å². The van der Waals surface area contributed by atoms with Gasteiger partial charge in [-0.25, -0.2) is 0 Å². The molecule has 86 valence electrons. The summed E-state index contributed by atoms with van der Waals surface area (Å²) in [6.07, 6.45) is 2.85. The molecule has 1 saturated heterocycles. The Morgan fingerprint density at radius 3 is 2.33 bits per heavy atom. The van der Waals surface area contributed by atoms with Crippen molar-refractivity contribution in [1.82, 2.24) is 10.2 Å². The van der Waals surface area contributed by atoms with E-state index in [9.17, 15) is 9.59 Å². The summed E-state index contributed by atoms with van der Waals surface area (Å²) in [6, 6.07) is 0.279. The molecule has 0 aromatic carbocycles. The first kappa shape index (κ1) is 12.2. The first-order valence-electron chi connectivity index (χ1n) is 5.44. The zero-order chi connectivity index (χ0) is 11.5. The number of nitrogens with one attached hydrogen (secondary N) is 1. The van der Waals surface area contributed by atoms with E-state index in [-0.39, 0.29) is 17.5 Å². The van der Waals surface area contributed by atoms with E-state index in [1.807, 2.05) is 13.8 Å². The SMILES string of the molecule is CC(=O)NC1CCN(C(C)(C)C=O)CC1. The quantitative estimate of drug-likeness (QED) is 0.696. The van der Waals surface area contributed by atoms with Gasteiger partial charge in [-0.2, -0.15) is 0 Å². The van der Waals surface area contributed by atoms with Crippen LogP contribution < -0.4 is 5.32 Å². The van der Waals surface area contributed by atoms with Crippen molar-refractivity contribution in [2.75, 3.05) is 13.1 Å². The highest BCUT2D eigenvalue weighted by atomic mass is 16.1. The van der Waals surface area contributed by atoms with Gasteiger partial charge in [-0.3, -0.25) is 9.69 Å². The molecule has 0 aromatic heterocycles. The molecule has 4 nitrogen and oxygen atoms in total. The summed E-state index contributed by atoms with van der Waals surface area (Å²) < 4.78 is 0. The number of hydrogen-bond acceptors (Lipinski definition) is 3. The van der Waals surface area contributed by atoms with E-state index in [0.29, 0.717) is 0 Å². The van der Waals surface area contributed by atoms with Gasteiger partial charge in [0.25, 0.3) is 0 Å². The average molecular weight is 212 g/mol. The van der Waals surface area contributed by atoms with E-state index in [1.165, 1.54) is 0 Å². The van der Waals surface area contributed by atoms with Crippen molar-refractivity contribution in [3.63, 3.8) is 0 Å². The Labute approximate surface area is 91.0 Å². The zero-order valence-electron chi connectivity index (χ0n) is 9.75. The summed E-state index contributed by atoms with van der Waals surface area (Å²) in [5.41, 5.74) is -0.374. The minimum absolute atomic E-state index is 0.0306. The van der Waals surface area contributed by atoms with E-state index >= 15 is 0 Å². The molecule has 0 aliphatic carbocycles. The Balaban J connectivity index is 2.42. The Bertz CT molecular complexity index is 243. The molecule has 1 amide bonds. The lowest BCUT2D eigenvalue weighted by atomic mass is 9.97. The molecule has 0 spiro atoms. The molecule has 4 heteroatoms. The van der Waals surface area contributed by atoms with E-state index in [4.69, 9.17) is 0 Å². The fourth-order valence-electron chi connectivity index (χ4n) is 1.96. The third kappa shape index (κ3) is 3.30. The monoisotopic (exact) mass is 212 g/mol. The Morgan fingerprint density at radius 2 is 1.93 bits per heavy atom. The van der Waals surface area contributed by atoms with Crippen LogP contribution in [-0.2, 0) is 9.59 Å². The van der Waals surface area contributed by atoms with Crippen LogP contribution in [0.1, 0.15) is 33.6 Å². The molecule has 0 aromatic rings. The first-order valence-corrected chi connectivity index (χ1v) is 5.44. The van der Waals surface area contributed by atoms with Crippen molar-refractivity contribution >= 4 is 12.2 Å². The minimum atomic E-state index is -0.374. The normalized spacial score (nSPS) is 19.9. The number of aldehydes is 1. The van der Waals surface area contributed by atoms with E-state index in [0.717, 1.165) is 32.2 Å². The molecular weight excluding hydrogens is 192 g/mol. The Kier molecular flexibility index (Phi) is 3.85. The topological polar surface area (TPSA) is 49.4 Å². The molecule has 15 heavy (non-hydrogen) atoms. The van der Waals surface area contributed by atoms with Gasteiger partial charge >= 0.3 is 0 Å². The van der Waals surface area contributed by atoms with Crippen LogP contribution in [0.4, 0.5) is 0 Å². The highest BCUT2D eigenvalue weighted by Crippen LogP contribution is 2.18. The summed E-state index contributed by atoms with van der Waals surface area (Å²) >= 11 is 0. The first-order chi connectivity index (χ1) is 6.95. The summed E-state index contributed by atoms with van der Waals surface area (Å²) in [7, 11) is 0. The number of amides is 1. The molecule has 1 aliphatic rings. The summed E-state index contributed by atoms with van der Waals surface area (Å²) in [4.78, 5) is 23.9. The number of piperidine rings is 1. The van der Waals surface area contributed by atoms with Gasteiger partial charge in [0.05, 0.1) is 5.54 Å². The fraction of sp³-hybridized carbons (Fsp3) is 0.818. The molecule has 1 heterocycles. The van der Waals surface area contributed by atoms with Crippen molar-refractivity contribution in [3.8, 4) is 0 Å². The van der Waals surface area contributed by atoms with E-state index in [1.54, 1.807) is 6.92 Å². The Morgan fingerprint density at radius 1 is 1.40 bits per heavy atom. The molecule has 1 fully saturated rings. The molecule has 1 N–H and O–H groups in total. The van der Waals surface area contributed by atoms with Crippen LogP contribution >= 0.6 is 0 Å². The molecule has 0 unspecified atom stereocenters. The number of carbonyl (C=O) groups excluding carboxylic acids is 2. The van der Waals surface area contributed by atoms with Crippen molar-refractivity contribution in [2.24, 2.45) is 0 Å². The van der Waals surface area contributed by atoms with E-state index < -0.39 is 0 Å². The predicted molar refractivity (Wildman–Crippen MR) is 58.6 cm³/mol. The largest absolute Gasteiger partial charge is 0.354 e. The fourth-order valence-corrected chi connectivity index (χ4v) is 1.96. The minimum Gasteiger partial charge on any atom is -0.354 e. The Hall–Kier alpha value is -0.900. The van der Waals surface area contributed by atoms with Gasteiger partial charge in [0.2, 0.25) is 5.91 Å². The highest BCUT2D eigenvalue weighted by molar-refractivity contribution is 5.73. The van der Waals surface area contributed by atoms with E-state index in [2.05, 4.69) is 10.2 Å². The van der Waals surface area contributed by atoms with Crippen molar-refractivity contribution in [1.29, 1.82) is 0 Å². The maximum absolute atomic E-state index is 10.9. The zero-order valence-corrected chi connectivity index (χ0v) is 9.75. The van der Waals surface area contributed by atoms with Gasteiger partial charge in [0.15, 0.2) is 0 Å². The van der Waals surface area contributed by atoms with Crippen LogP contribution in [0.3, 0.4) is 0 Å². The number of carbonyl (C=O) groups is 2. The van der Waals surface area contributed by atoms with Crippen molar-refractivity contribution in [2.45, 2.75) is 45.2 Å². The van der Waals surface area contributed by atoms with Gasteiger partial charge in [0, 0.05) is 26.1 Å². The van der Waals surface area contributed by atoms with Crippen molar-refractivity contribution < 1.29 is 9.59 Å². The van der Waals surface area contributed by atoms with Gasteiger partial charge in [-0.05, 0) is 26.7 Å². The predicted octanol–water partition coefficient (Wildman–Crippen LogP) is 0.564. The number of nitrogens with zero attached hydrogens (tertiary/aromatic N) is 1. The second kappa shape index (κ2) is 4.75. The summed E-state index contributed by atoms with van der Waals surface area (Å²) in [5.74, 6) is 0.0306. The molecule has 0 radical (unpaired) electrons. The molecule has 1 rings (SSSR count). The maximum Gasteiger partial charge on any atom is 0.217 e. The van der Waals surface area contributed by atoms with Crippen LogP contribution in [0.5, 0.6) is 0 Å². The second-order valence-electron chi connectivity index (χ2n) is 4.73. The maximum atomic E-state index is 10.9. The lowest BCUT2D eigenvalue weighted by molar-refractivity contribution is -0.121. The lowest BCUT2D eigenvalue weighted by Gasteiger charge is -2.39. The number of rotatable bonds is 3. The standard InChI is InChI=1S/C11H20N2O2/c1-9(15)12-10-4-6-13(7-5-10)11(2,3)8-14/h8,10H,4-7H2,1-3H3,(H,12,15). The van der Waals surface area contributed by atoms with Crippen LogP contribution in [0.25, 0.3) is 0 Å². The summed E-state index contributed by atoms with van der Waals surface area (Å²) in [5, 5.41) is 2.92. The van der Waals surface area contributed by atoms with Crippen LogP contribution in [0.2, 0.25) is 0 Å². The number of hydrogen-bond donors (Lipinski definition) is 1. The van der Waals surface area contributed by atoms with Gasteiger partial charge in [0.1, 0.15) is 6.29 Å². The van der Waals surface area contributed by atoms with Gasteiger partial charge in [-0.1, -0.05) is 0 Å². The highest BCUT2D eigenvalue weighted by Gasteiger charge is 2.30. The summed E-state index contributed by atoms with van der Waals surface area (Å²) in [6.45, 7) is 7.15. The van der Waals surface area contributed by atoms with Gasteiger partial charge < -0.3 is 10.1 Å². The van der Waals surface area contributed by atoms with Crippen molar-refractivity contribution in [3.05, 3.63) is 0 Å². The lowest BCUT2D eigenvalue weighted by Crippen LogP contribution is -2.52. The molecule has 0 atom stereocenters. The third-order valence-electron chi connectivity index (χ3n) is 3.01. The van der Waals surface area contributed by atoms with Crippen LogP contribution in [0.15, 0.2) is 0 Å². The molecular formula is C11H20N2O2. The average Bonchev–Trinajstić information content (AvgIpc) is 2.18.